The van der Waals surface area contributed by atoms with Gasteiger partial charge in [0.05, 0.1) is 25.2 Å². The highest BCUT2D eigenvalue weighted by atomic mass is 16.5. The van der Waals surface area contributed by atoms with Gasteiger partial charge in [0.2, 0.25) is 5.84 Å². The molecular weight excluding hydrogens is 604 g/mol. The van der Waals surface area contributed by atoms with E-state index in [0.717, 1.165) is 41.8 Å². The summed E-state index contributed by atoms with van der Waals surface area (Å²) >= 11 is 0. The number of urea groups is 1. The molecule has 11 heteroatoms. The van der Waals surface area contributed by atoms with Crippen molar-refractivity contribution in [1.29, 1.82) is 5.41 Å². The third-order valence-corrected chi connectivity index (χ3v) is 9.12. The second kappa shape index (κ2) is 15.0. The summed E-state index contributed by atoms with van der Waals surface area (Å²) in [6.07, 6.45) is 7.90. The summed E-state index contributed by atoms with van der Waals surface area (Å²) in [5.41, 5.74) is 16.5. The van der Waals surface area contributed by atoms with E-state index in [1.54, 1.807) is 28.2 Å². The van der Waals surface area contributed by atoms with Gasteiger partial charge in [-0.05, 0) is 67.9 Å². The smallest absolute Gasteiger partial charge is 0.346 e. The summed E-state index contributed by atoms with van der Waals surface area (Å²) in [6, 6.07) is 18.6. The van der Waals surface area contributed by atoms with Crippen LogP contribution >= 0.6 is 0 Å². The van der Waals surface area contributed by atoms with Crippen LogP contribution in [0.5, 0.6) is 5.75 Å². The molecule has 3 atom stereocenters. The van der Waals surface area contributed by atoms with E-state index in [1.807, 2.05) is 75.4 Å². The molecule has 1 aromatic heterocycles. The lowest BCUT2D eigenvalue weighted by atomic mass is 9.85. The second-order valence-corrected chi connectivity index (χ2v) is 13.8. The number of carbonyl (C=O) groups excluding carboxylic acids is 1. The lowest BCUT2D eigenvalue weighted by molar-refractivity contribution is -0.552. The standard InChI is InChI=1S/C37H48N8O3/c1-24-10-7-8-19-44(24)35(40)45-22-27(15-18-33(45)39)48-31-17-16-30(28-13-5-6-14-29(28)31)42-36(47)43-34(21-32(38)37(2,3)4)41-26-12-9-11-25(20-26)23-46/h5-6,9,11-15,18,20-22,24,30-31,39-40,46H,7-8,10,16-17,19,23H2,1-4H3,(H4,38,41,42,43,47)/p+2/t24-,30-,31+/m0/s1. The zero-order chi connectivity index (χ0) is 34.4. The van der Waals surface area contributed by atoms with Crippen LogP contribution in [0.1, 0.15) is 88.6 Å². The van der Waals surface area contributed by atoms with Crippen molar-refractivity contribution >= 4 is 29.3 Å². The molecule has 2 aromatic carbocycles. The summed E-state index contributed by atoms with van der Waals surface area (Å²) < 4.78 is 8.24. The molecule has 9 N–H and O–H groups in total. The Balaban J connectivity index is 1.34. The number of rotatable bonds is 6. The van der Waals surface area contributed by atoms with Gasteiger partial charge in [-0.2, -0.15) is 9.98 Å². The Morgan fingerprint density at radius 3 is 2.62 bits per heavy atom. The lowest BCUT2D eigenvalue weighted by Gasteiger charge is -2.32. The van der Waals surface area contributed by atoms with E-state index in [9.17, 15) is 9.90 Å². The zero-order valence-corrected chi connectivity index (χ0v) is 28.4. The van der Waals surface area contributed by atoms with E-state index in [1.165, 1.54) is 6.42 Å². The fraction of sp³-hybridized carbons (Fsp3) is 0.405. The number of aromatic nitrogens is 1. The number of nitrogen functional groups attached to an aromatic ring is 1. The number of carbonyl (C=O) groups is 1. The first-order valence-electron chi connectivity index (χ1n) is 16.8. The Morgan fingerprint density at radius 1 is 1.12 bits per heavy atom. The van der Waals surface area contributed by atoms with E-state index >= 15 is 0 Å². The van der Waals surface area contributed by atoms with Crippen LogP contribution in [0.2, 0.25) is 0 Å². The first kappa shape index (κ1) is 34.6. The molecule has 5 rings (SSSR count). The minimum atomic E-state index is -0.471. The van der Waals surface area contributed by atoms with Crippen LogP contribution in [0.15, 0.2) is 83.6 Å². The minimum absolute atomic E-state index is 0.0830. The van der Waals surface area contributed by atoms with E-state index < -0.39 is 6.03 Å². The number of aliphatic imine (C=N–C) groups is 1. The summed E-state index contributed by atoms with van der Waals surface area (Å²) in [6.45, 7) is 8.91. The van der Waals surface area contributed by atoms with Gasteiger partial charge in [-0.3, -0.25) is 10.2 Å². The molecule has 48 heavy (non-hydrogen) atoms. The average molecular weight is 655 g/mol. The topological polar surface area (TPSA) is 171 Å². The van der Waals surface area contributed by atoms with Gasteiger partial charge < -0.3 is 26.6 Å². The van der Waals surface area contributed by atoms with E-state index in [-0.39, 0.29) is 30.2 Å². The van der Waals surface area contributed by atoms with Gasteiger partial charge in [-0.1, -0.05) is 57.2 Å². The molecule has 2 amide bonds. The highest BCUT2D eigenvalue weighted by Crippen LogP contribution is 2.38. The van der Waals surface area contributed by atoms with Gasteiger partial charge in [0.1, 0.15) is 23.7 Å². The fourth-order valence-electron chi connectivity index (χ4n) is 6.22. The van der Waals surface area contributed by atoms with Crippen molar-refractivity contribution in [3.05, 3.63) is 95.3 Å². The lowest BCUT2D eigenvalue weighted by Crippen LogP contribution is -2.82. The predicted octanol–water partition coefficient (Wildman–Crippen LogP) is 4.55. The summed E-state index contributed by atoms with van der Waals surface area (Å²) in [7, 11) is 0. The van der Waals surface area contributed by atoms with Crippen LogP contribution in [0.3, 0.4) is 0 Å². The van der Waals surface area contributed by atoms with E-state index in [2.05, 4.69) is 22.1 Å². The van der Waals surface area contributed by atoms with Crippen molar-refractivity contribution in [2.75, 3.05) is 12.3 Å². The highest BCUT2D eigenvalue weighted by Gasteiger charge is 2.31. The van der Waals surface area contributed by atoms with Crippen LogP contribution < -0.4 is 31.4 Å². The molecule has 3 aromatic rings. The Labute approximate surface area is 283 Å². The molecule has 2 aliphatic rings. The molecule has 1 aliphatic carbocycles. The first-order chi connectivity index (χ1) is 22.9. The summed E-state index contributed by atoms with van der Waals surface area (Å²) in [4.78, 5) is 20.0. The van der Waals surface area contributed by atoms with Crippen LogP contribution in [0, 0.1) is 10.8 Å². The minimum Gasteiger partial charge on any atom is -0.483 e. The largest absolute Gasteiger partial charge is 0.483 e. The average Bonchev–Trinajstić information content (AvgIpc) is 3.06. The van der Waals surface area contributed by atoms with Crippen LogP contribution in [-0.2, 0) is 6.61 Å². The van der Waals surface area contributed by atoms with Gasteiger partial charge in [0.25, 0.3) is 0 Å². The van der Waals surface area contributed by atoms with Gasteiger partial charge in [-0.15, -0.1) is 4.99 Å². The van der Waals surface area contributed by atoms with Gasteiger partial charge in [-0.25, -0.2) is 4.79 Å². The van der Waals surface area contributed by atoms with Crippen molar-refractivity contribution in [2.45, 2.75) is 84.6 Å². The van der Waals surface area contributed by atoms with Crippen molar-refractivity contribution in [3.63, 3.8) is 0 Å². The van der Waals surface area contributed by atoms with Crippen LogP contribution in [0.25, 0.3) is 0 Å². The van der Waals surface area contributed by atoms with Crippen molar-refractivity contribution < 1.29 is 24.5 Å². The molecule has 1 aliphatic heterocycles. The number of likely N-dealkylation sites (tertiary alicyclic amines) is 1. The molecule has 2 heterocycles. The van der Waals surface area contributed by atoms with Gasteiger partial charge in [0, 0.05) is 29.3 Å². The Bertz CT molecular complexity index is 1700. The summed E-state index contributed by atoms with van der Waals surface area (Å²) in [5.74, 6) is 1.88. The number of ether oxygens (including phenoxy) is 1. The number of benzene rings is 2. The van der Waals surface area contributed by atoms with Gasteiger partial charge in [0.15, 0.2) is 5.82 Å². The number of hydrogen-bond donors (Lipinski definition) is 6. The molecule has 11 nitrogen and oxygen atoms in total. The molecule has 0 unspecified atom stereocenters. The third-order valence-electron chi connectivity index (χ3n) is 9.12. The number of amidine groups is 1. The molecule has 254 valence electrons. The number of nitrogens with two attached hydrogens (primary N) is 3. The number of allylic oxidation sites excluding steroid dienone is 1. The van der Waals surface area contributed by atoms with Gasteiger partial charge >= 0.3 is 12.0 Å². The number of aliphatic hydroxyl groups is 1. The van der Waals surface area contributed by atoms with E-state index in [0.29, 0.717) is 41.9 Å². The fourth-order valence-corrected chi connectivity index (χ4v) is 6.22. The molecule has 0 spiro atoms. The number of nitrogens with zero attached hydrogens (tertiary/aromatic N) is 3. The normalized spacial score (nSPS) is 20.2. The maximum absolute atomic E-state index is 13.4. The number of anilines is 1. The number of fused-ring (bicyclic) bond motifs is 1. The number of piperidine rings is 1. The Kier molecular flexibility index (Phi) is 10.8. The number of hydrogen-bond acceptors (Lipinski definition) is 6. The quantitative estimate of drug-likeness (QED) is 0.0986. The maximum atomic E-state index is 13.4. The monoisotopic (exact) mass is 654 g/mol. The number of pyridine rings is 1. The summed E-state index contributed by atoms with van der Waals surface area (Å²) in [5, 5.41) is 23.4. The Morgan fingerprint density at radius 2 is 1.90 bits per heavy atom. The zero-order valence-electron chi connectivity index (χ0n) is 28.4. The van der Waals surface area contributed by atoms with Crippen molar-refractivity contribution in [1.82, 2.24) is 10.2 Å². The van der Waals surface area contributed by atoms with Crippen molar-refractivity contribution in [2.24, 2.45) is 16.1 Å². The number of quaternary nitrogens is 1. The molecule has 1 saturated heterocycles. The maximum Gasteiger partial charge on any atom is 0.346 e. The first-order valence-corrected chi connectivity index (χ1v) is 16.8. The Hall–Kier alpha value is -4.74. The third kappa shape index (κ3) is 8.39. The SMILES string of the molecule is C[C@H]1CCCCN1C(=N)[n+]1cc(O[C@@H]2CC[C@H](NC(=O)/N=C(\C=C(/N)C(C)(C)C)[NH2+]c3cccc(CO)c3)c3ccccc32)ccc1N. The highest BCUT2D eigenvalue weighted by molar-refractivity contribution is 5.96. The van der Waals surface area contributed by atoms with Crippen LogP contribution in [0.4, 0.5) is 16.3 Å². The molecule has 0 saturated carbocycles. The molecule has 0 radical (unpaired) electrons. The predicted molar refractivity (Wildman–Crippen MR) is 188 cm³/mol. The number of nitrogens with one attached hydrogen (secondary N) is 2. The number of aliphatic hydroxyl groups excluding tert-OH is 1. The second-order valence-electron chi connectivity index (χ2n) is 13.8. The van der Waals surface area contributed by atoms with Crippen LogP contribution in [-0.4, -0.2) is 40.4 Å². The molecule has 0 bridgehead atoms. The number of amides is 2. The van der Waals surface area contributed by atoms with E-state index in [4.69, 9.17) is 21.6 Å². The molecular formula is C37H50N8O3+2. The molecule has 1 fully saturated rings. The van der Waals surface area contributed by atoms with Crippen molar-refractivity contribution in [3.8, 4) is 5.75 Å².